The highest BCUT2D eigenvalue weighted by Gasteiger charge is 2.06. The normalized spacial score (nSPS) is 10.9. The number of rotatable bonds is 3. The van der Waals surface area contributed by atoms with Gasteiger partial charge in [-0.05, 0) is 36.8 Å². The highest BCUT2D eigenvalue weighted by atomic mass is 32.1. The Hall–Kier alpha value is -2.07. The van der Waals surface area contributed by atoms with Crippen LogP contribution in [0.4, 0.5) is 0 Å². The fourth-order valence-corrected chi connectivity index (χ4v) is 2.57. The predicted molar refractivity (Wildman–Crippen MR) is 84.0 cm³/mol. The summed E-state index contributed by atoms with van der Waals surface area (Å²) in [5.74, 6) is 0.837. The summed E-state index contributed by atoms with van der Waals surface area (Å²) in [4.78, 5) is 3.23. The minimum absolute atomic E-state index is 0.730. The lowest BCUT2D eigenvalue weighted by Crippen LogP contribution is -1.99. The number of imidazole rings is 1. The summed E-state index contributed by atoms with van der Waals surface area (Å²) in [5, 5.41) is 0. The third kappa shape index (κ3) is 2.34. The van der Waals surface area contributed by atoms with Crippen molar-refractivity contribution in [1.82, 2.24) is 9.55 Å². The van der Waals surface area contributed by atoms with Crippen LogP contribution in [0.2, 0.25) is 0 Å². The van der Waals surface area contributed by atoms with Crippen molar-refractivity contribution in [3.05, 3.63) is 58.4 Å². The molecule has 0 saturated carbocycles. The summed E-state index contributed by atoms with van der Waals surface area (Å²) in [7, 11) is 1.67. The Labute approximate surface area is 122 Å². The Morgan fingerprint density at radius 1 is 1.15 bits per heavy atom. The first kappa shape index (κ1) is 12.9. The SMILES string of the molecule is COc1ccc2[nH]c(=S)n(Cc3ccc(C)cc3)c2c1. The van der Waals surface area contributed by atoms with Crippen molar-refractivity contribution in [2.45, 2.75) is 13.5 Å². The number of nitrogens with one attached hydrogen (secondary N) is 1. The summed E-state index contributed by atoms with van der Waals surface area (Å²) >= 11 is 5.42. The van der Waals surface area contributed by atoms with E-state index >= 15 is 0 Å². The molecule has 0 fully saturated rings. The van der Waals surface area contributed by atoms with Crippen molar-refractivity contribution in [3.63, 3.8) is 0 Å². The number of aromatic amines is 1. The number of hydrogen-bond acceptors (Lipinski definition) is 2. The molecule has 0 atom stereocenters. The Morgan fingerprint density at radius 3 is 2.60 bits per heavy atom. The molecule has 0 unspecified atom stereocenters. The molecule has 0 spiro atoms. The number of fused-ring (bicyclic) bond motifs is 1. The van der Waals surface area contributed by atoms with Crippen molar-refractivity contribution < 1.29 is 4.74 Å². The molecule has 0 aliphatic carbocycles. The number of hydrogen-bond donors (Lipinski definition) is 1. The summed E-state index contributed by atoms with van der Waals surface area (Å²) in [5.41, 5.74) is 4.59. The topological polar surface area (TPSA) is 29.9 Å². The van der Waals surface area contributed by atoms with Crippen LogP contribution in [0.1, 0.15) is 11.1 Å². The standard InChI is InChI=1S/C16H16N2OS/c1-11-3-5-12(6-4-11)10-18-15-9-13(19-2)7-8-14(15)17-16(18)20/h3-9H,10H2,1-2H3,(H,17,20). The molecule has 102 valence electrons. The Morgan fingerprint density at radius 2 is 1.90 bits per heavy atom. The molecule has 20 heavy (non-hydrogen) atoms. The van der Waals surface area contributed by atoms with E-state index in [-0.39, 0.29) is 0 Å². The number of aryl methyl sites for hydroxylation is 1. The second-order valence-electron chi connectivity index (χ2n) is 4.88. The maximum atomic E-state index is 5.42. The molecule has 1 aromatic heterocycles. The first-order chi connectivity index (χ1) is 9.67. The monoisotopic (exact) mass is 284 g/mol. The quantitative estimate of drug-likeness (QED) is 0.735. The van der Waals surface area contributed by atoms with E-state index < -0.39 is 0 Å². The van der Waals surface area contributed by atoms with Crippen LogP contribution in [0, 0.1) is 11.7 Å². The van der Waals surface area contributed by atoms with E-state index in [0.29, 0.717) is 0 Å². The number of nitrogens with zero attached hydrogens (tertiary/aromatic N) is 1. The van der Waals surface area contributed by atoms with Crippen LogP contribution in [0.15, 0.2) is 42.5 Å². The Balaban J connectivity index is 2.08. The predicted octanol–water partition coefficient (Wildman–Crippen LogP) is 4.06. The van der Waals surface area contributed by atoms with Crippen LogP contribution in [0.5, 0.6) is 5.75 Å². The number of aromatic nitrogens is 2. The fraction of sp³-hybridized carbons (Fsp3) is 0.188. The highest BCUT2D eigenvalue weighted by molar-refractivity contribution is 7.71. The lowest BCUT2D eigenvalue weighted by molar-refractivity contribution is 0.415. The van der Waals surface area contributed by atoms with E-state index in [2.05, 4.69) is 40.7 Å². The van der Waals surface area contributed by atoms with E-state index in [1.807, 2.05) is 18.2 Å². The van der Waals surface area contributed by atoms with Crippen LogP contribution in [0.25, 0.3) is 11.0 Å². The third-order valence-electron chi connectivity index (χ3n) is 3.44. The summed E-state index contributed by atoms with van der Waals surface area (Å²) in [6, 6.07) is 14.4. The number of methoxy groups -OCH3 is 1. The number of H-pyrrole nitrogens is 1. The zero-order valence-corrected chi connectivity index (χ0v) is 12.3. The van der Waals surface area contributed by atoms with Gasteiger partial charge in [0.25, 0.3) is 0 Å². The molecule has 0 aliphatic rings. The van der Waals surface area contributed by atoms with E-state index in [9.17, 15) is 0 Å². The third-order valence-corrected chi connectivity index (χ3v) is 3.77. The zero-order chi connectivity index (χ0) is 14.1. The van der Waals surface area contributed by atoms with E-state index in [1.165, 1.54) is 11.1 Å². The average Bonchev–Trinajstić information content (AvgIpc) is 2.77. The lowest BCUT2D eigenvalue weighted by atomic mass is 10.1. The van der Waals surface area contributed by atoms with Crippen molar-refractivity contribution in [1.29, 1.82) is 0 Å². The van der Waals surface area contributed by atoms with Gasteiger partial charge in [-0.3, -0.25) is 0 Å². The van der Waals surface area contributed by atoms with Crippen LogP contribution in [-0.2, 0) is 6.54 Å². The Kier molecular flexibility index (Phi) is 3.32. The molecule has 0 saturated heterocycles. The molecule has 3 rings (SSSR count). The molecular formula is C16H16N2OS. The van der Waals surface area contributed by atoms with Gasteiger partial charge in [0.15, 0.2) is 4.77 Å². The van der Waals surface area contributed by atoms with E-state index in [4.69, 9.17) is 17.0 Å². The second kappa shape index (κ2) is 5.13. The molecule has 0 radical (unpaired) electrons. The minimum atomic E-state index is 0.730. The summed E-state index contributed by atoms with van der Waals surface area (Å²) in [6.07, 6.45) is 0. The lowest BCUT2D eigenvalue weighted by Gasteiger charge is -2.06. The minimum Gasteiger partial charge on any atom is -0.497 e. The van der Waals surface area contributed by atoms with Crippen LogP contribution >= 0.6 is 12.2 Å². The van der Waals surface area contributed by atoms with Gasteiger partial charge in [0.05, 0.1) is 24.7 Å². The van der Waals surface area contributed by atoms with Gasteiger partial charge >= 0.3 is 0 Å². The molecular weight excluding hydrogens is 268 g/mol. The highest BCUT2D eigenvalue weighted by Crippen LogP contribution is 2.21. The van der Waals surface area contributed by atoms with Gasteiger partial charge in [-0.15, -0.1) is 0 Å². The fourth-order valence-electron chi connectivity index (χ4n) is 2.29. The van der Waals surface area contributed by atoms with Gasteiger partial charge in [0.2, 0.25) is 0 Å². The molecule has 3 aromatic rings. The summed E-state index contributed by atoms with van der Waals surface area (Å²) < 4.78 is 8.12. The second-order valence-corrected chi connectivity index (χ2v) is 5.27. The first-order valence-corrected chi connectivity index (χ1v) is 6.90. The molecule has 2 aromatic carbocycles. The molecule has 0 aliphatic heterocycles. The van der Waals surface area contributed by atoms with Gasteiger partial charge in [-0.1, -0.05) is 29.8 Å². The van der Waals surface area contributed by atoms with Crippen molar-refractivity contribution in [3.8, 4) is 5.75 Å². The van der Waals surface area contributed by atoms with Crippen LogP contribution in [0.3, 0.4) is 0 Å². The maximum Gasteiger partial charge on any atom is 0.178 e. The number of benzene rings is 2. The van der Waals surface area contributed by atoms with Crippen molar-refractivity contribution in [2.24, 2.45) is 0 Å². The van der Waals surface area contributed by atoms with Crippen LogP contribution < -0.4 is 4.74 Å². The van der Waals surface area contributed by atoms with Gasteiger partial charge in [0.1, 0.15) is 5.75 Å². The summed E-state index contributed by atoms with van der Waals surface area (Å²) in [6.45, 7) is 2.85. The van der Waals surface area contributed by atoms with E-state index in [0.717, 1.165) is 28.1 Å². The molecule has 1 heterocycles. The first-order valence-electron chi connectivity index (χ1n) is 6.49. The molecule has 0 amide bonds. The van der Waals surface area contributed by atoms with Crippen LogP contribution in [-0.4, -0.2) is 16.7 Å². The van der Waals surface area contributed by atoms with Gasteiger partial charge in [-0.25, -0.2) is 0 Å². The van der Waals surface area contributed by atoms with Crippen molar-refractivity contribution >= 4 is 23.3 Å². The Bertz CT molecular complexity index is 799. The molecule has 3 nitrogen and oxygen atoms in total. The van der Waals surface area contributed by atoms with Gasteiger partial charge in [-0.2, -0.15) is 0 Å². The molecule has 4 heteroatoms. The van der Waals surface area contributed by atoms with Gasteiger partial charge < -0.3 is 14.3 Å². The molecule has 1 N–H and O–H groups in total. The number of ether oxygens (including phenoxy) is 1. The van der Waals surface area contributed by atoms with E-state index in [1.54, 1.807) is 7.11 Å². The molecule has 0 bridgehead atoms. The van der Waals surface area contributed by atoms with Crippen molar-refractivity contribution in [2.75, 3.05) is 7.11 Å². The maximum absolute atomic E-state index is 5.42. The average molecular weight is 284 g/mol. The largest absolute Gasteiger partial charge is 0.497 e. The van der Waals surface area contributed by atoms with Gasteiger partial charge in [0, 0.05) is 6.07 Å². The zero-order valence-electron chi connectivity index (χ0n) is 11.5. The smallest absolute Gasteiger partial charge is 0.178 e.